The summed E-state index contributed by atoms with van der Waals surface area (Å²) < 4.78 is 19.4. The van der Waals surface area contributed by atoms with Crippen molar-refractivity contribution in [2.75, 3.05) is 0 Å². The molecular formula is C19H19FO3. The molecule has 0 aliphatic rings. The average Bonchev–Trinajstić information content (AvgIpc) is 2.48. The van der Waals surface area contributed by atoms with Crippen molar-refractivity contribution in [2.45, 2.75) is 26.9 Å². The molecule has 0 heterocycles. The molecule has 3 nitrogen and oxygen atoms in total. The van der Waals surface area contributed by atoms with Gasteiger partial charge in [0.05, 0.1) is 11.7 Å². The van der Waals surface area contributed by atoms with Crippen LogP contribution in [0, 0.1) is 12.7 Å². The Hall–Kier alpha value is -2.62. The first-order chi connectivity index (χ1) is 10.9. The maximum Gasteiger partial charge on any atom is 0.336 e. The van der Waals surface area contributed by atoms with E-state index in [4.69, 9.17) is 4.74 Å². The summed E-state index contributed by atoms with van der Waals surface area (Å²) in [5.41, 5.74) is 1.45. The molecule has 0 aliphatic heterocycles. The number of aryl methyl sites for hydroxylation is 1. The molecule has 0 aromatic heterocycles. The van der Waals surface area contributed by atoms with Crippen LogP contribution in [0.25, 0.3) is 11.6 Å². The van der Waals surface area contributed by atoms with Crippen LogP contribution in [0.1, 0.15) is 30.5 Å². The Morgan fingerprint density at radius 3 is 2.52 bits per heavy atom. The first-order valence-corrected chi connectivity index (χ1v) is 7.35. The number of para-hydroxylation sites is 1. The van der Waals surface area contributed by atoms with Gasteiger partial charge in [0.15, 0.2) is 0 Å². The second kappa shape index (κ2) is 7.09. The summed E-state index contributed by atoms with van der Waals surface area (Å²) >= 11 is 0. The van der Waals surface area contributed by atoms with E-state index < -0.39 is 11.8 Å². The molecule has 2 aromatic carbocycles. The molecule has 0 fully saturated rings. The summed E-state index contributed by atoms with van der Waals surface area (Å²) in [6, 6.07) is 11.6. The number of halogens is 1. The second-order valence-electron chi connectivity index (χ2n) is 5.53. The van der Waals surface area contributed by atoms with Crippen molar-refractivity contribution < 1.29 is 19.0 Å². The highest BCUT2D eigenvalue weighted by Gasteiger charge is 2.14. The minimum atomic E-state index is -1.12. The van der Waals surface area contributed by atoms with Gasteiger partial charge in [-0.15, -0.1) is 0 Å². The smallest absolute Gasteiger partial charge is 0.336 e. The van der Waals surface area contributed by atoms with Gasteiger partial charge in [-0.25, -0.2) is 9.18 Å². The van der Waals surface area contributed by atoms with E-state index in [1.807, 2.05) is 19.9 Å². The van der Waals surface area contributed by atoms with Crippen molar-refractivity contribution >= 4 is 17.6 Å². The average molecular weight is 314 g/mol. The molecule has 2 rings (SSSR count). The fourth-order valence-corrected chi connectivity index (χ4v) is 2.15. The second-order valence-corrected chi connectivity index (χ2v) is 5.53. The molecule has 0 amide bonds. The fraction of sp³-hybridized carbons (Fsp3) is 0.211. The summed E-state index contributed by atoms with van der Waals surface area (Å²) in [5.74, 6) is -0.956. The van der Waals surface area contributed by atoms with Crippen molar-refractivity contribution in [1.29, 1.82) is 0 Å². The predicted molar refractivity (Wildman–Crippen MR) is 88.8 cm³/mol. The Kier molecular flexibility index (Phi) is 5.16. The van der Waals surface area contributed by atoms with Crippen molar-refractivity contribution in [3.05, 3.63) is 65.0 Å². The fourth-order valence-electron chi connectivity index (χ4n) is 2.15. The number of carbonyl (C=O) groups is 1. The molecule has 0 radical (unpaired) electrons. The molecule has 1 N–H and O–H groups in total. The number of carboxylic acids is 1. The highest BCUT2D eigenvalue weighted by molar-refractivity contribution is 6.20. The number of carboxylic acid groups (broad SMARTS) is 1. The van der Waals surface area contributed by atoms with Crippen LogP contribution in [0.15, 0.2) is 42.5 Å². The monoisotopic (exact) mass is 314 g/mol. The number of rotatable bonds is 5. The van der Waals surface area contributed by atoms with Gasteiger partial charge in [0.25, 0.3) is 0 Å². The van der Waals surface area contributed by atoms with Crippen LogP contribution >= 0.6 is 0 Å². The van der Waals surface area contributed by atoms with E-state index >= 15 is 0 Å². The Labute approximate surface area is 135 Å². The Morgan fingerprint density at radius 2 is 1.91 bits per heavy atom. The summed E-state index contributed by atoms with van der Waals surface area (Å²) in [6.45, 7) is 5.43. The van der Waals surface area contributed by atoms with Crippen LogP contribution in [-0.4, -0.2) is 17.2 Å². The van der Waals surface area contributed by atoms with Gasteiger partial charge in [0, 0.05) is 5.56 Å². The zero-order valence-corrected chi connectivity index (χ0v) is 13.3. The number of aliphatic carboxylic acids is 1. The molecule has 23 heavy (non-hydrogen) atoms. The van der Waals surface area contributed by atoms with Gasteiger partial charge < -0.3 is 9.84 Å². The van der Waals surface area contributed by atoms with Crippen LogP contribution < -0.4 is 4.74 Å². The standard InChI is InChI=1S/C19H19FO3/c1-12(2)23-18-7-5-4-6-15(18)10-16(19(21)22)14-9-8-13(3)17(20)11-14/h4-12H,1-3H3,(H,21,22)/b16-10-. The van der Waals surface area contributed by atoms with E-state index in [9.17, 15) is 14.3 Å². The Bertz CT molecular complexity index is 748. The summed E-state index contributed by atoms with van der Waals surface area (Å²) in [4.78, 5) is 11.6. The molecule has 0 atom stereocenters. The molecule has 2 aromatic rings. The molecule has 0 spiro atoms. The molecule has 0 saturated carbocycles. The minimum Gasteiger partial charge on any atom is -0.490 e. The molecule has 120 valence electrons. The molecule has 0 aliphatic carbocycles. The van der Waals surface area contributed by atoms with Crippen molar-refractivity contribution in [3.63, 3.8) is 0 Å². The predicted octanol–water partition coefficient (Wildman–Crippen LogP) is 4.55. The van der Waals surface area contributed by atoms with Crippen LogP contribution in [0.3, 0.4) is 0 Å². The molecule has 4 heteroatoms. The summed E-state index contributed by atoms with van der Waals surface area (Å²) in [5, 5.41) is 9.49. The topological polar surface area (TPSA) is 46.5 Å². The Balaban J connectivity index is 2.52. The molecule has 0 bridgehead atoms. The molecule has 0 saturated heterocycles. The van der Waals surface area contributed by atoms with E-state index in [0.717, 1.165) is 0 Å². The SMILES string of the molecule is Cc1ccc(/C(=C/c2ccccc2OC(C)C)C(=O)O)cc1F. The van der Waals surface area contributed by atoms with E-state index in [2.05, 4.69) is 0 Å². The van der Waals surface area contributed by atoms with Crippen LogP contribution in [0.4, 0.5) is 4.39 Å². The maximum absolute atomic E-state index is 13.7. The number of ether oxygens (including phenoxy) is 1. The van der Waals surface area contributed by atoms with Gasteiger partial charge in [-0.1, -0.05) is 30.3 Å². The number of benzene rings is 2. The zero-order chi connectivity index (χ0) is 17.0. The highest BCUT2D eigenvalue weighted by Crippen LogP contribution is 2.26. The van der Waals surface area contributed by atoms with Crippen LogP contribution in [-0.2, 0) is 4.79 Å². The van der Waals surface area contributed by atoms with Crippen molar-refractivity contribution in [3.8, 4) is 5.75 Å². The van der Waals surface area contributed by atoms with E-state index in [-0.39, 0.29) is 11.7 Å². The van der Waals surface area contributed by atoms with Gasteiger partial charge in [0.1, 0.15) is 11.6 Å². The van der Waals surface area contributed by atoms with Gasteiger partial charge >= 0.3 is 5.97 Å². The van der Waals surface area contributed by atoms with Crippen LogP contribution in [0.2, 0.25) is 0 Å². The Morgan fingerprint density at radius 1 is 1.22 bits per heavy atom. The van der Waals surface area contributed by atoms with Crippen LogP contribution in [0.5, 0.6) is 5.75 Å². The lowest BCUT2D eigenvalue weighted by Gasteiger charge is -2.13. The van der Waals surface area contributed by atoms with Gasteiger partial charge in [-0.3, -0.25) is 0 Å². The third kappa shape index (κ3) is 4.19. The van der Waals surface area contributed by atoms with E-state index in [1.54, 1.807) is 37.3 Å². The summed E-state index contributed by atoms with van der Waals surface area (Å²) in [6.07, 6.45) is 1.47. The van der Waals surface area contributed by atoms with Gasteiger partial charge in [0.2, 0.25) is 0 Å². The van der Waals surface area contributed by atoms with Crippen molar-refractivity contribution in [2.24, 2.45) is 0 Å². The van der Waals surface area contributed by atoms with E-state index in [0.29, 0.717) is 22.4 Å². The first-order valence-electron chi connectivity index (χ1n) is 7.35. The maximum atomic E-state index is 13.7. The largest absolute Gasteiger partial charge is 0.490 e. The van der Waals surface area contributed by atoms with E-state index in [1.165, 1.54) is 12.1 Å². The number of hydrogen-bond donors (Lipinski definition) is 1. The molecule has 0 unspecified atom stereocenters. The number of hydrogen-bond acceptors (Lipinski definition) is 2. The van der Waals surface area contributed by atoms with Crippen molar-refractivity contribution in [1.82, 2.24) is 0 Å². The third-order valence-electron chi connectivity index (χ3n) is 3.29. The quantitative estimate of drug-likeness (QED) is 0.650. The summed E-state index contributed by atoms with van der Waals surface area (Å²) in [7, 11) is 0. The third-order valence-corrected chi connectivity index (χ3v) is 3.29. The lowest BCUT2D eigenvalue weighted by atomic mass is 10.0. The zero-order valence-electron chi connectivity index (χ0n) is 13.3. The normalized spacial score (nSPS) is 11.6. The lowest BCUT2D eigenvalue weighted by Crippen LogP contribution is -2.07. The highest BCUT2D eigenvalue weighted by atomic mass is 19.1. The first kappa shape index (κ1) is 16.7. The molecular weight excluding hydrogens is 295 g/mol. The minimum absolute atomic E-state index is 0.0173. The van der Waals surface area contributed by atoms with Gasteiger partial charge in [-0.05, 0) is 50.1 Å². The van der Waals surface area contributed by atoms with Gasteiger partial charge in [-0.2, -0.15) is 0 Å². The lowest BCUT2D eigenvalue weighted by molar-refractivity contribution is -0.130.